The minimum Gasteiger partial charge on any atom is -0.496 e. The molecule has 0 saturated carbocycles. The quantitative estimate of drug-likeness (QED) is 0.525. The number of hydrogen-bond acceptors (Lipinski definition) is 7. The Hall–Kier alpha value is -2.71. The SMILES string of the molecule is COCC(=O)OCC(=O)Nc1sc2c(c1C(=O)c1ccccc1OC)CCCC2. The lowest BCUT2D eigenvalue weighted by atomic mass is 9.91. The van der Waals surface area contributed by atoms with E-state index >= 15 is 0 Å². The van der Waals surface area contributed by atoms with Crippen molar-refractivity contribution in [2.24, 2.45) is 0 Å². The van der Waals surface area contributed by atoms with Crippen LogP contribution < -0.4 is 10.1 Å². The highest BCUT2D eigenvalue weighted by Crippen LogP contribution is 2.40. The van der Waals surface area contributed by atoms with E-state index in [1.165, 1.54) is 25.6 Å². The molecular formula is C21H23NO6S. The van der Waals surface area contributed by atoms with Crippen molar-refractivity contribution in [1.82, 2.24) is 0 Å². The number of anilines is 1. The Bertz CT molecular complexity index is 920. The summed E-state index contributed by atoms with van der Waals surface area (Å²) in [5.74, 6) is -0.826. The van der Waals surface area contributed by atoms with Crippen LogP contribution in [0.25, 0.3) is 0 Å². The van der Waals surface area contributed by atoms with E-state index in [1.807, 2.05) is 0 Å². The van der Waals surface area contributed by atoms with Gasteiger partial charge in [0.15, 0.2) is 12.4 Å². The molecule has 8 heteroatoms. The topological polar surface area (TPSA) is 90.9 Å². The molecule has 1 aromatic heterocycles. The van der Waals surface area contributed by atoms with Gasteiger partial charge in [0.25, 0.3) is 5.91 Å². The highest BCUT2D eigenvalue weighted by molar-refractivity contribution is 7.17. The van der Waals surface area contributed by atoms with Gasteiger partial charge in [0.2, 0.25) is 0 Å². The number of carbonyl (C=O) groups is 3. The molecule has 2 aromatic rings. The summed E-state index contributed by atoms with van der Waals surface area (Å²) in [6, 6.07) is 7.03. The maximum atomic E-state index is 13.4. The second-order valence-electron chi connectivity index (χ2n) is 6.59. The number of hydrogen-bond donors (Lipinski definition) is 1. The predicted octanol–water partition coefficient (Wildman–Crippen LogP) is 2.99. The van der Waals surface area contributed by atoms with Crippen LogP contribution in [-0.2, 0) is 31.9 Å². The number of carbonyl (C=O) groups excluding carboxylic acids is 3. The molecule has 1 aliphatic carbocycles. The number of benzene rings is 1. The first-order chi connectivity index (χ1) is 14.0. The van der Waals surface area contributed by atoms with E-state index in [4.69, 9.17) is 9.47 Å². The smallest absolute Gasteiger partial charge is 0.332 e. The molecule has 1 amide bonds. The standard InChI is InChI=1S/C21H23NO6S/c1-26-12-18(24)28-11-17(23)22-21-19(14-8-4-6-10-16(14)29-21)20(25)13-7-3-5-9-15(13)27-2/h3,5,7,9H,4,6,8,10-12H2,1-2H3,(H,22,23). The Morgan fingerprint density at radius 1 is 1.07 bits per heavy atom. The van der Waals surface area contributed by atoms with Crippen LogP contribution >= 0.6 is 11.3 Å². The lowest BCUT2D eigenvalue weighted by Crippen LogP contribution is -2.23. The van der Waals surface area contributed by atoms with E-state index in [2.05, 4.69) is 10.1 Å². The number of ether oxygens (including phenoxy) is 3. The number of fused-ring (bicyclic) bond motifs is 1. The van der Waals surface area contributed by atoms with Crippen LogP contribution in [0.3, 0.4) is 0 Å². The Labute approximate surface area is 173 Å². The summed E-state index contributed by atoms with van der Waals surface area (Å²) in [6.07, 6.45) is 3.72. The lowest BCUT2D eigenvalue weighted by molar-refractivity contribution is -0.150. The van der Waals surface area contributed by atoms with Gasteiger partial charge in [-0.25, -0.2) is 4.79 Å². The number of ketones is 1. The van der Waals surface area contributed by atoms with Crippen molar-refractivity contribution in [1.29, 1.82) is 0 Å². The third-order valence-corrected chi connectivity index (χ3v) is 5.84. The van der Waals surface area contributed by atoms with Crippen molar-refractivity contribution in [3.05, 3.63) is 45.8 Å². The molecule has 0 spiro atoms. The number of amides is 1. The van der Waals surface area contributed by atoms with Gasteiger partial charge in [-0.05, 0) is 43.4 Å². The fraction of sp³-hybridized carbons (Fsp3) is 0.381. The van der Waals surface area contributed by atoms with E-state index in [-0.39, 0.29) is 12.4 Å². The van der Waals surface area contributed by atoms with Gasteiger partial charge < -0.3 is 19.5 Å². The van der Waals surface area contributed by atoms with Gasteiger partial charge in [0, 0.05) is 12.0 Å². The monoisotopic (exact) mass is 417 g/mol. The molecule has 1 N–H and O–H groups in total. The Kier molecular flexibility index (Phi) is 7.00. The van der Waals surface area contributed by atoms with Crippen molar-refractivity contribution < 1.29 is 28.6 Å². The first kappa shape index (κ1) is 21.0. The summed E-state index contributed by atoms with van der Waals surface area (Å²) >= 11 is 1.41. The molecule has 0 bridgehead atoms. The van der Waals surface area contributed by atoms with Gasteiger partial charge in [0.1, 0.15) is 17.4 Å². The van der Waals surface area contributed by atoms with Gasteiger partial charge in [-0.2, -0.15) is 0 Å². The third kappa shape index (κ3) is 4.83. The third-order valence-electron chi connectivity index (χ3n) is 4.63. The highest BCUT2D eigenvalue weighted by atomic mass is 32.1. The molecule has 0 fully saturated rings. The average molecular weight is 417 g/mol. The molecule has 0 saturated heterocycles. The zero-order valence-electron chi connectivity index (χ0n) is 16.4. The summed E-state index contributed by atoms with van der Waals surface area (Å²) < 4.78 is 14.9. The van der Waals surface area contributed by atoms with Crippen LogP contribution in [0.4, 0.5) is 5.00 Å². The summed E-state index contributed by atoms with van der Waals surface area (Å²) in [4.78, 5) is 38.2. The van der Waals surface area contributed by atoms with Gasteiger partial charge in [0.05, 0.1) is 18.2 Å². The van der Waals surface area contributed by atoms with Crippen molar-refractivity contribution in [3.8, 4) is 5.75 Å². The van der Waals surface area contributed by atoms with Crippen LogP contribution in [0, 0.1) is 0 Å². The van der Waals surface area contributed by atoms with Crippen LogP contribution in [0.5, 0.6) is 5.75 Å². The number of esters is 1. The second-order valence-corrected chi connectivity index (χ2v) is 7.69. The predicted molar refractivity (Wildman–Crippen MR) is 109 cm³/mol. The molecule has 1 aliphatic rings. The van der Waals surface area contributed by atoms with Crippen LogP contribution in [0.1, 0.15) is 39.2 Å². The maximum absolute atomic E-state index is 13.4. The normalized spacial score (nSPS) is 12.8. The minimum atomic E-state index is -0.626. The van der Waals surface area contributed by atoms with Crippen LogP contribution in [0.15, 0.2) is 24.3 Å². The highest BCUT2D eigenvalue weighted by Gasteiger charge is 2.28. The fourth-order valence-corrected chi connectivity index (χ4v) is 4.63. The fourth-order valence-electron chi connectivity index (χ4n) is 3.33. The van der Waals surface area contributed by atoms with E-state index < -0.39 is 18.5 Å². The molecule has 7 nitrogen and oxygen atoms in total. The van der Waals surface area contributed by atoms with Crippen LogP contribution in [0.2, 0.25) is 0 Å². The number of rotatable bonds is 8. The molecule has 0 atom stereocenters. The number of methoxy groups -OCH3 is 2. The molecule has 154 valence electrons. The molecular weight excluding hydrogens is 394 g/mol. The average Bonchev–Trinajstić information content (AvgIpc) is 3.09. The molecule has 1 aromatic carbocycles. The molecule has 0 aliphatic heterocycles. The Morgan fingerprint density at radius 3 is 2.59 bits per heavy atom. The second kappa shape index (κ2) is 9.67. The molecule has 0 unspecified atom stereocenters. The van der Waals surface area contributed by atoms with Crippen molar-refractivity contribution >= 4 is 34.0 Å². The van der Waals surface area contributed by atoms with E-state index in [1.54, 1.807) is 24.3 Å². The molecule has 29 heavy (non-hydrogen) atoms. The summed E-state index contributed by atoms with van der Waals surface area (Å²) in [5, 5.41) is 3.24. The lowest BCUT2D eigenvalue weighted by Gasteiger charge is -2.14. The van der Waals surface area contributed by atoms with Crippen molar-refractivity contribution in [3.63, 3.8) is 0 Å². The van der Waals surface area contributed by atoms with Crippen LogP contribution in [-0.4, -0.2) is 45.1 Å². The Balaban J connectivity index is 1.88. The van der Waals surface area contributed by atoms with Gasteiger partial charge >= 0.3 is 5.97 Å². The zero-order valence-corrected chi connectivity index (χ0v) is 17.2. The number of para-hydroxylation sites is 1. The maximum Gasteiger partial charge on any atom is 0.332 e. The van der Waals surface area contributed by atoms with Gasteiger partial charge in [-0.1, -0.05) is 12.1 Å². The molecule has 3 rings (SSSR count). The summed E-state index contributed by atoms with van der Waals surface area (Å²) in [5.41, 5.74) is 1.94. The van der Waals surface area contributed by atoms with Gasteiger partial charge in [-0.3, -0.25) is 9.59 Å². The Morgan fingerprint density at radius 2 is 1.83 bits per heavy atom. The van der Waals surface area contributed by atoms with Gasteiger partial charge in [-0.15, -0.1) is 11.3 Å². The van der Waals surface area contributed by atoms with E-state index in [0.717, 1.165) is 36.1 Å². The number of aryl methyl sites for hydroxylation is 1. The van der Waals surface area contributed by atoms with Crippen molar-refractivity contribution in [2.75, 3.05) is 32.8 Å². The minimum absolute atomic E-state index is 0.187. The molecule has 0 radical (unpaired) electrons. The van der Waals surface area contributed by atoms with Crippen molar-refractivity contribution in [2.45, 2.75) is 25.7 Å². The number of thiophene rings is 1. The summed E-state index contributed by atoms with van der Waals surface area (Å²) in [7, 11) is 2.89. The molecule has 1 heterocycles. The van der Waals surface area contributed by atoms with E-state index in [0.29, 0.717) is 21.9 Å². The zero-order chi connectivity index (χ0) is 20.8. The number of nitrogens with one attached hydrogen (secondary N) is 1. The summed E-state index contributed by atoms with van der Waals surface area (Å²) in [6.45, 7) is -0.662. The van der Waals surface area contributed by atoms with E-state index in [9.17, 15) is 14.4 Å². The first-order valence-corrected chi connectivity index (χ1v) is 10.1. The largest absolute Gasteiger partial charge is 0.496 e. The first-order valence-electron chi connectivity index (χ1n) is 9.31.